The molecule has 236 valence electrons. The van der Waals surface area contributed by atoms with Crippen LogP contribution in [0.4, 0.5) is 4.79 Å². The molecule has 9 nitrogen and oxygen atoms in total. The van der Waals surface area contributed by atoms with Gasteiger partial charge in [-0.05, 0) is 94.7 Å². The highest BCUT2D eigenvalue weighted by Crippen LogP contribution is 2.64. The summed E-state index contributed by atoms with van der Waals surface area (Å²) in [5, 5.41) is 20.1. The van der Waals surface area contributed by atoms with Crippen molar-refractivity contribution in [3.05, 3.63) is 11.6 Å². The second-order valence-corrected chi connectivity index (χ2v) is 14.5. The molecule has 7 unspecified atom stereocenters. The molecule has 2 bridgehead atoms. The van der Waals surface area contributed by atoms with Gasteiger partial charge in [0.15, 0.2) is 5.78 Å². The Morgan fingerprint density at radius 2 is 1.90 bits per heavy atom. The number of carboxylic acids is 1. The van der Waals surface area contributed by atoms with Gasteiger partial charge >= 0.3 is 12.1 Å². The zero-order chi connectivity index (χ0) is 30.3. The standard InChI is InChI=1S/C33H51NO8/c1-6-7-20(34(4)5)15-41-30-23-16-40-17-33(14-27(30)42-32(38)39)24(23)11-10-21-22-9-8-19(12-18(2)3)28(31(36)37)29(22)26(35)13-25(21)33/h13,18-24,27-30H,6-12,14-17H2,1-5H3,(H,36,37)(H,38,39)/t19?,20?,21?,22?,23?,24?,27-,28-,29?,30-,33-/m1/s1. The Kier molecular flexibility index (Phi) is 9.41. The number of carbonyl (C=O) groups is 3. The number of aliphatic carboxylic acids is 1. The summed E-state index contributed by atoms with van der Waals surface area (Å²) in [5.41, 5.74) is 0.570. The van der Waals surface area contributed by atoms with Crippen LogP contribution in [-0.2, 0) is 23.8 Å². The molecule has 0 spiro atoms. The van der Waals surface area contributed by atoms with E-state index in [9.17, 15) is 24.6 Å². The maximum atomic E-state index is 14.0. The average molecular weight is 590 g/mol. The van der Waals surface area contributed by atoms with Crippen LogP contribution in [-0.4, -0.2) is 85.2 Å². The van der Waals surface area contributed by atoms with Gasteiger partial charge < -0.3 is 29.3 Å². The van der Waals surface area contributed by atoms with Crippen LogP contribution in [0.2, 0.25) is 0 Å². The summed E-state index contributed by atoms with van der Waals surface area (Å²) in [7, 11) is 4.08. The molecule has 0 amide bonds. The summed E-state index contributed by atoms with van der Waals surface area (Å²) in [6.45, 7) is 7.78. The fourth-order valence-corrected chi connectivity index (χ4v) is 9.93. The average Bonchev–Trinajstić information content (AvgIpc) is 2.91. The van der Waals surface area contributed by atoms with Gasteiger partial charge in [-0.25, -0.2) is 4.79 Å². The van der Waals surface area contributed by atoms with Crippen LogP contribution in [0.3, 0.4) is 0 Å². The van der Waals surface area contributed by atoms with E-state index in [1.165, 1.54) is 0 Å². The third-order valence-corrected chi connectivity index (χ3v) is 11.5. The van der Waals surface area contributed by atoms with Gasteiger partial charge in [-0.15, -0.1) is 0 Å². The van der Waals surface area contributed by atoms with Crippen LogP contribution in [0, 0.1) is 52.8 Å². The van der Waals surface area contributed by atoms with E-state index in [0.717, 1.165) is 50.5 Å². The Hall–Kier alpha value is -1.97. The zero-order valence-corrected chi connectivity index (χ0v) is 26.0. The Labute approximate surface area is 250 Å². The van der Waals surface area contributed by atoms with Gasteiger partial charge in [0.05, 0.1) is 31.8 Å². The van der Waals surface area contributed by atoms with Gasteiger partial charge in [-0.2, -0.15) is 0 Å². The maximum absolute atomic E-state index is 14.0. The smallest absolute Gasteiger partial charge is 0.481 e. The summed E-state index contributed by atoms with van der Waals surface area (Å²) in [6, 6.07) is 0.219. The number of allylic oxidation sites excluding steroid dienone is 1. The number of hydrogen-bond donors (Lipinski definition) is 2. The molecule has 42 heavy (non-hydrogen) atoms. The first kappa shape index (κ1) is 31.5. The number of rotatable bonds is 10. The van der Waals surface area contributed by atoms with Gasteiger partial charge in [0.25, 0.3) is 0 Å². The van der Waals surface area contributed by atoms with Crippen molar-refractivity contribution >= 4 is 17.9 Å². The number of carbonyl (C=O) groups excluding carboxylic acids is 1. The zero-order valence-electron chi connectivity index (χ0n) is 26.0. The Balaban J connectivity index is 1.47. The number of nitrogens with zero attached hydrogens (tertiary/aromatic N) is 1. The van der Waals surface area contributed by atoms with Crippen LogP contribution in [0.5, 0.6) is 0 Å². The predicted molar refractivity (Wildman–Crippen MR) is 156 cm³/mol. The molecule has 1 saturated heterocycles. The van der Waals surface area contributed by atoms with Gasteiger partial charge in [-0.3, -0.25) is 9.59 Å². The first-order valence-electron chi connectivity index (χ1n) is 16.2. The minimum atomic E-state index is -1.31. The molecule has 3 saturated carbocycles. The van der Waals surface area contributed by atoms with E-state index in [-0.39, 0.29) is 41.4 Å². The minimum absolute atomic E-state index is 0.000391. The number of likely N-dealkylation sites (N-methyl/N-ethyl adjacent to an activating group) is 1. The molecule has 4 aliphatic carbocycles. The molecule has 9 heteroatoms. The summed E-state index contributed by atoms with van der Waals surface area (Å²) in [6.07, 6.45) is 6.19. The van der Waals surface area contributed by atoms with E-state index in [1.54, 1.807) is 6.08 Å². The van der Waals surface area contributed by atoms with Crippen molar-refractivity contribution in [2.75, 3.05) is 33.9 Å². The molecule has 0 aromatic heterocycles. The monoisotopic (exact) mass is 589 g/mol. The van der Waals surface area contributed by atoms with Crippen molar-refractivity contribution in [2.45, 2.75) is 90.4 Å². The molecular weight excluding hydrogens is 538 g/mol. The third-order valence-electron chi connectivity index (χ3n) is 11.5. The summed E-state index contributed by atoms with van der Waals surface area (Å²) >= 11 is 0. The highest BCUT2D eigenvalue weighted by molar-refractivity contribution is 5.97. The topological polar surface area (TPSA) is 123 Å². The highest BCUT2D eigenvalue weighted by atomic mass is 16.7. The van der Waals surface area contributed by atoms with Crippen molar-refractivity contribution in [1.29, 1.82) is 0 Å². The SMILES string of the molecule is CCCC(CO[C@@H]1C2COC[C@@]3(C[C@H]1OC(=O)O)C1=CC(=O)C4C(CCC(CC(C)C)[C@H]4C(=O)O)C1CCC23)N(C)C. The van der Waals surface area contributed by atoms with Crippen molar-refractivity contribution in [3.63, 3.8) is 0 Å². The molecule has 0 aromatic carbocycles. The normalized spacial score (nSPS) is 40.0. The van der Waals surface area contributed by atoms with E-state index in [1.807, 2.05) is 14.1 Å². The first-order valence-corrected chi connectivity index (χ1v) is 16.2. The van der Waals surface area contributed by atoms with Crippen molar-refractivity contribution in [2.24, 2.45) is 52.8 Å². The van der Waals surface area contributed by atoms with Crippen LogP contribution in [0.1, 0.15) is 72.1 Å². The number of fused-ring (bicyclic) bond motifs is 3. The minimum Gasteiger partial charge on any atom is -0.481 e. The number of ketones is 1. The summed E-state index contributed by atoms with van der Waals surface area (Å²) < 4.78 is 18.4. The van der Waals surface area contributed by atoms with E-state index in [0.29, 0.717) is 32.2 Å². The fourth-order valence-electron chi connectivity index (χ4n) is 9.93. The van der Waals surface area contributed by atoms with E-state index < -0.39 is 41.6 Å². The fraction of sp³-hybridized carbons (Fsp3) is 0.848. The Morgan fingerprint density at radius 3 is 2.55 bits per heavy atom. The predicted octanol–water partition coefficient (Wildman–Crippen LogP) is 5.13. The summed E-state index contributed by atoms with van der Waals surface area (Å²) in [5.74, 6) is -1.39. The second-order valence-electron chi connectivity index (χ2n) is 14.5. The van der Waals surface area contributed by atoms with Crippen LogP contribution in [0.15, 0.2) is 11.6 Å². The van der Waals surface area contributed by atoms with Gasteiger partial charge in [-0.1, -0.05) is 32.8 Å². The van der Waals surface area contributed by atoms with Crippen molar-refractivity contribution < 1.29 is 38.8 Å². The molecule has 2 N–H and O–H groups in total. The second kappa shape index (κ2) is 12.6. The van der Waals surface area contributed by atoms with Crippen molar-refractivity contribution in [3.8, 4) is 0 Å². The van der Waals surface area contributed by atoms with Gasteiger partial charge in [0.2, 0.25) is 0 Å². The first-order chi connectivity index (χ1) is 20.0. The number of hydrogen-bond acceptors (Lipinski definition) is 7. The van der Waals surface area contributed by atoms with Gasteiger partial charge in [0.1, 0.15) is 6.10 Å². The van der Waals surface area contributed by atoms with Crippen LogP contribution >= 0.6 is 0 Å². The molecule has 5 rings (SSSR count). The lowest BCUT2D eigenvalue weighted by Crippen LogP contribution is -2.64. The molecular formula is C33H51NO8. The summed E-state index contributed by atoms with van der Waals surface area (Å²) in [4.78, 5) is 40.6. The highest BCUT2D eigenvalue weighted by Gasteiger charge is 2.64. The third kappa shape index (κ3) is 5.65. The quantitative estimate of drug-likeness (QED) is 0.334. The maximum Gasteiger partial charge on any atom is 0.506 e. The molecule has 0 radical (unpaired) electrons. The molecule has 1 aliphatic heterocycles. The lowest BCUT2D eigenvalue weighted by molar-refractivity contribution is -0.220. The van der Waals surface area contributed by atoms with Crippen LogP contribution in [0.25, 0.3) is 0 Å². The lowest BCUT2D eigenvalue weighted by atomic mass is 9.45. The molecule has 5 aliphatic rings. The molecule has 4 fully saturated rings. The Bertz CT molecular complexity index is 1060. The largest absolute Gasteiger partial charge is 0.506 e. The molecule has 0 aromatic rings. The molecule has 11 atom stereocenters. The van der Waals surface area contributed by atoms with E-state index in [4.69, 9.17) is 14.2 Å². The molecule has 1 heterocycles. The van der Waals surface area contributed by atoms with Crippen LogP contribution < -0.4 is 0 Å². The number of ether oxygens (including phenoxy) is 3. The Morgan fingerprint density at radius 1 is 1.14 bits per heavy atom. The van der Waals surface area contributed by atoms with E-state index in [2.05, 4.69) is 25.7 Å². The number of carboxylic acid groups (broad SMARTS) is 2. The van der Waals surface area contributed by atoms with E-state index >= 15 is 0 Å². The van der Waals surface area contributed by atoms with Crippen molar-refractivity contribution in [1.82, 2.24) is 4.90 Å². The lowest BCUT2D eigenvalue weighted by Gasteiger charge is -2.62. The van der Waals surface area contributed by atoms with Gasteiger partial charge in [0, 0.05) is 23.3 Å².